The minimum absolute atomic E-state index is 0.0233. The van der Waals surface area contributed by atoms with Crippen molar-refractivity contribution in [1.82, 2.24) is 24.6 Å². The summed E-state index contributed by atoms with van der Waals surface area (Å²) in [5, 5.41) is 5.51. The number of H-pyrrole nitrogens is 1. The maximum Gasteiger partial charge on any atom is 0.266 e. The zero-order valence-corrected chi connectivity index (χ0v) is 15.7. The van der Waals surface area contributed by atoms with Gasteiger partial charge in [0.25, 0.3) is 11.5 Å². The van der Waals surface area contributed by atoms with Crippen LogP contribution in [-0.2, 0) is 6.54 Å². The molecule has 0 radical (unpaired) electrons. The quantitative estimate of drug-likeness (QED) is 0.585. The van der Waals surface area contributed by atoms with Crippen molar-refractivity contribution < 1.29 is 4.79 Å². The van der Waals surface area contributed by atoms with Crippen molar-refractivity contribution in [3.05, 3.63) is 83.0 Å². The van der Waals surface area contributed by atoms with Crippen LogP contribution in [0.2, 0.25) is 0 Å². The molecule has 0 aliphatic carbocycles. The highest BCUT2D eigenvalue weighted by atomic mass is 16.2. The fourth-order valence-corrected chi connectivity index (χ4v) is 3.72. The highest BCUT2D eigenvalue weighted by molar-refractivity contribution is 5.98. The van der Waals surface area contributed by atoms with E-state index in [4.69, 9.17) is 0 Å². The van der Waals surface area contributed by atoms with Gasteiger partial charge in [-0.05, 0) is 42.5 Å². The number of aromatic nitrogens is 4. The van der Waals surface area contributed by atoms with Crippen LogP contribution in [0.25, 0.3) is 22.2 Å². The van der Waals surface area contributed by atoms with Crippen LogP contribution in [0.5, 0.6) is 0 Å². The molecule has 0 saturated carbocycles. The lowest BCUT2D eigenvalue weighted by atomic mass is 9.98. The van der Waals surface area contributed by atoms with Crippen molar-refractivity contribution in [2.75, 3.05) is 13.1 Å². The number of hydrogen-bond acceptors (Lipinski definition) is 4. The number of amides is 1. The molecule has 4 heterocycles. The van der Waals surface area contributed by atoms with Crippen LogP contribution in [0.3, 0.4) is 0 Å². The van der Waals surface area contributed by atoms with Crippen LogP contribution in [-0.4, -0.2) is 43.6 Å². The van der Waals surface area contributed by atoms with E-state index in [0.29, 0.717) is 25.2 Å². The summed E-state index contributed by atoms with van der Waals surface area (Å²) >= 11 is 0. The number of benzene rings is 1. The third-order valence-electron chi connectivity index (χ3n) is 5.32. The molecule has 1 N–H and O–H groups in total. The topological polar surface area (TPSA) is 83.9 Å². The number of rotatable bonds is 4. The van der Waals surface area contributed by atoms with Crippen LogP contribution >= 0.6 is 0 Å². The third kappa shape index (κ3) is 3.31. The predicted molar refractivity (Wildman–Crippen MR) is 109 cm³/mol. The number of pyridine rings is 1. The lowest BCUT2D eigenvalue weighted by molar-refractivity contribution is 0.0459. The summed E-state index contributed by atoms with van der Waals surface area (Å²) in [5.41, 5.74) is 3.22. The second-order valence-electron chi connectivity index (χ2n) is 7.33. The SMILES string of the molecule is O=C(c1ccc2[nH]ccc2c1)N1CC(Cn2nc(-c3ccncc3)ccc2=O)C1. The Labute approximate surface area is 166 Å². The van der Waals surface area contributed by atoms with Gasteiger partial charge in [-0.3, -0.25) is 14.6 Å². The van der Waals surface area contributed by atoms with E-state index in [-0.39, 0.29) is 17.4 Å². The Bertz CT molecular complexity index is 1240. The van der Waals surface area contributed by atoms with Crippen LogP contribution in [0.15, 0.2) is 71.9 Å². The molecule has 3 aromatic heterocycles. The van der Waals surface area contributed by atoms with E-state index in [1.165, 1.54) is 10.7 Å². The number of likely N-dealkylation sites (tertiary alicyclic amines) is 1. The predicted octanol–water partition coefficient (Wildman–Crippen LogP) is 2.56. The number of nitrogens with zero attached hydrogens (tertiary/aromatic N) is 4. The number of carbonyl (C=O) groups is 1. The Kier molecular flexibility index (Phi) is 4.20. The molecule has 4 aromatic rings. The fourth-order valence-electron chi connectivity index (χ4n) is 3.72. The van der Waals surface area contributed by atoms with E-state index in [0.717, 1.165) is 22.2 Å². The lowest BCUT2D eigenvalue weighted by Crippen LogP contribution is -2.52. The Morgan fingerprint density at radius 3 is 2.72 bits per heavy atom. The third-order valence-corrected chi connectivity index (χ3v) is 5.32. The second kappa shape index (κ2) is 7.01. The van der Waals surface area contributed by atoms with Gasteiger partial charge in [-0.15, -0.1) is 0 Å². The zero-order chi connectivity index (χ0) is 19.8. The molecule has 1 aromatic carbocycles. The minimum atomic E-state index is -0.134. The molecule has 0 atom stereocenters. The van der Waals surface area contributed by atoms with Gasteiger partial charge in [-0.1, -0.05) is 0 Å². The van der Waals surface area contributed by atoms with Crippen LogP contribution in [0.1, 0.15) is 10.4 Å². The summed E-state index contributed by atoms with van der Waals surface area (Å²) in [6, 6.07) is 14.6. The number of fused-ring (bicyclic) bond motifs is 1. The molecule has 5 rings (SSSR count). The van der Waals surface area contributed by atoms with Crippen LogP contribution < -0.4 is 5.56 Å². The average molecular weight is 385 g/mol. The molecule has 1 amide bonds. The van der Waals surface area contributed by atoms with E-state index in [1.807, 2.05) is 47.5 Å². The first kappa shape index (κ1) is 17.4. The Morgan fingerprint density at radius 1 is 1.07 bits per heavy atom. The molecule has 1 aliphatic heterocycles. The van der Waals surface area contributed by atoms with E-state index >= 15 is 0 Å². The number of nitrogens with one attached hydrogen (secondary N) is 1. The number of aromatic amines is 1. The fraction of sp³-hybridized carbons (Fsp3) is 0.182. The molecule has 0 spiro atoms. The number of carbonyl (C=O) groups excluding carboxylic acids is 1. The van der Waals surface area contributed by atoms with Gasteiger partial charge in [0.05, 0.1) is 12.2 Å². The van der Waals surface area contributed by atoms with Crippen molar-refractivity contribution in [2.45, 2.75) is 6.54 Å². The minimum Gasteiger partial charge on any atom is -0.361 e. The summed E-state index contributed by atoms with van der Waals surface area (Å²) in [5.74, 6) is 0.239. The average Bonchev–Trinajstić information content (AvgIpc) is 3.19. The second-order valence-corrected chi connectivity index (χ2v) is 7.33. The summed E-state index contributed by atoms with van der Waals surface area (Å²) in [6.45, 7) is 1.74. The monoisotopic (exact) mass is 385 g/mol. The molecule has 144 valence electrons. The summed E-state index contributed by atoms with van der Waals surface area (Å²) in [7, 11) is 0. The summed E-state index contributed by atoms with van der Waals surface area (Å²) in [4.78, 5) is 33.9. The van der Waals surface area contributed by atoms with Gasteiger partial charge in [0.2, 0.25) is 0 Å². The van der Waals surface area contributed by atoms with Gasteiger partial charge < -0.3 is 9.88 Å². The van der Waals surface area contributed by atoms with Gasteiger partial charge in [-0.25, -0.2) is 4.68 Å². The molecular formula is C22H19N5O2. The Morgan fingerprint density at radius 2 is 1.90 bits per heavy atom. The first-order valence-corrected chi connectivity index (χ1v) is 9.52. The number of hydrogen-bond donors (Lipinski definition) is 1. The van der Waals surface area contributed by atoms with Gasteiger partial charge in [0, 0.05) is 65.7 Å². The van der Waals surface area contributed by atoms with Gasteiger partial charge >= 0.3 is 0 Å². The van der Waals surface area contributed by atoms with Crippen molar-refractivity contribution in [2.24, 2.45) is 5.92 Å². The van der Waals surface area contributed by atoms with Crippen LogP contribution in [0, 0.1) is 5.92 Å². The lowest BCUT2D eigenvalue weighted by Gasteiger charge is -2.39. The Balaban J connectivity index is 1.27. The molecule has 1 aliphatic rings. The van der Waals surface area contributed by atoms with E-state index in [1.54, 1.807) is 18.5 Å². The van der Waals surface area contributed by atoms with E-state index < -0.39 is 0 Å². The van der Waals surface area contributed by atoms with Gasteiger partial charge in [0.15, 0.2) is 0 Å². The Hall–Kier alpha value is -3.74. The molecule has 29 heavy (non-hydrogen) atoms. The van der Waals surface area contributed by atoms with Gasteiger partial charge in [-0.2, -0.15) is 5.10 Å². The summed E-state index contributed by atoms with van der Waals surface area (Å²) < 4.78 is 1.49. The highest BCUT2D eigenvalue weighted by Gasteiger charge is 2.32. The van der Waals surface area contributed by atoms with E-state index in [2.05, 4.69) is 15.1 Å². The molecule has 0 bridgehead atoms. The molecule has 1 fully saturated rings. The van der Waals surface area contributed by atoms with Gasteiger partial charge in [0.1, 0.15) is 0 Å². The van der Waals surface area contributed by atoms with Crippen molar-refractivity contribution in [3.8, 4) is 11.3 Å². The molecule has 1 saturated heterocycles. The first-order valence-electron chi connectivity index (χ1n) is 9.52. The van der Waals surface area contributed by atoms with Crippen molar-refractivity contribution in [1.29, 1.82) is 0 Å². The van der Waals surface area contributed by atoms with E-state index in [9.17, 15) is 9.59 Å². The zero-order valence-electron chi connectivity index (χ0n) is 15.7. The summed E-state index contributed by atoms with van der Waals surface area (Å²) in [6.07, 6.45) is 5.27. The smallest absolute Gasteiger partial charge is 0.266 e. The maximum absolute atomic E-state index is 12.7. The molecular weight excluding hydrogens is 366 g/mol. The largest absolute Gasteiger partial charge is 0.361 e. The highest BCUT2D eigenvalue weighted by Crippen LogP contribution is 2.22. The molecule has 0 unspecified atom stereocenters. The normalized spacial score (nSPS) is 14.1. The van der Waals surface area contributed by atoms with Crippen molar-refractivity contribution >= 4 is 16.8 Å². The van der Waals surface area contributed by atoms with Crippen LogP contribution in [0.4, 0.5) is 0 Å². The van der Waals surface area contributed by atoms with Crippen molar-refractivity contribution in [3.63, 3.8) is 0 Å². The first-order chi connectivity index (χ1) is 14.2. The molecule has 7 heteroatoms. The standard InChI is InChI=1S/C22H19N5O2/c28-21-4-3-20(16-5-8-23-9-6-16)25-27(21)14-15-12-26(13-15)22(29)18-1-2-19-17(11-18)7-10-24-19/h1-11,15,24H,12-14H2. The molecule has 7 nitrogen and oxygen atoms in total. The maximum atomic E-state index is 12.7.